The monoisotopic (exact) mass is 364 g/mol. The summed E-state index contributed by atoms with van der Waals surface area (Å²) in [7, 11) is 0. The second-order valence-electron chi connectivity index (χ2n) is 5.09. The van der Waals surface area contributed by atoms with Gasteiger partial charge in [0.2, 0.25) is 0 Å². The van der Waals surface area contributed by atoms with Crippen LogP contribution in [0.1, 0.15) is 31.4 Å². The molecule has 1 aliphatic rings. The number of aliphatic hydroxyl groups is 2. The summed E-state index contributed by atoms with van der Waals surface area (Å²) in [6.45, 7) is -0.867. The van der Waals surface area contributed by atoms with Gasteiger partial charge in [0.25, 0.3) is 0 Å². The van der Waals surface area contributed by atoms with Crippen molar-refractivity contribution in [3.63, 3.8) is 0 Å². The molecule has 0 aromatic carbocycles. The fourth-order valence-electron chi connectivity index (χ4n) is 2.49. The number of aromatic nitrogens is 1. The maximum atomic E-state index is 12.2. The van der Waals surface area contributed by atoms with E-state index in [0.717, 1.165) is 12.8 Å². The maximum Gasteiger partial charge on any atom is 0.459 e. The molecule has 2 N–H and O–H groups in total. The van der Waals surface area contributed by atoms with E-state index in [4.69, 9.17) is 0 Å². The topological polar surface area (TPSA) is 67.2 Å². The Hall–Kier alpha value is -1.15. The van der Waals surface area contributed by atoms with Crippen molar-refractivity contribution in [1.29, 1.82) is 0 Å². The molecule has 5 nitrogen and oxygen atoms in total. The summed E-state index contributed by atoms with van der Waals surface area (Å²) >= 11 is 3.35. The maximum absolute atomic E-state index is 12.2. The van der Waals surface area contributed by atoms with Crippen LogP contribution in [0.15, 0.2) is 15.7 Å². The van der Waals surface area contributed by atoms with E-state index < -0.39 is 6.61 Å². The zero-order valence-corrected chi connectivity index (χ0v) is 13.1. The molecule has 116 valence electrons. The number of aryl methyl sites for hydroxylation is 1. The second-order valence-corrected chi connectivity index (χ2v) is 5.95. The van der Waals surface area contributed by atoms with Gasteiger partial charge in [0.15, 0.2) is 6.10 Å². The second kappa shape index (κ2) is 7.22. The molecule has 1 aromatic heterocycles. The minimum absolute atomic E-state index is 0.173. The highest BCUT2D eigenvalue weighted by atomic mass is 79.9. The fraction of sp³-hybridized carbons (Fsp3) is 0.615. The van der Waals surface area contributed by atoms with Gasteiger partial charge in [-0.05, 0) is 46.9 Å². The summed E-state index contributed by atoms with van der Waals surface area (Å²) in [5, 5.41) is 6.19. The van der Waals surface area contributed by atoms with Gasteiger partial charge in [-0.1, -0.05) is 0 Å². The van der Waals surface area contributed by atoms with Crippen LogP contribution in [-0.4, -0.2) is 28.5 Å². The quantitative estimate of drug-likeness (QED) is 0.633. The summed E-state index contributed by atoms with van der Waals surface area (Å²) in [6.07, 6.45) is 2.57. The number of pyridine rings is 1. The molecule has 21 heavy (non-hydrogen) atoms. The van der Waals surface area contributed by atoms with Crippen molar-refractivity contribution in [1.82, 2.24) is 4.98 Å². The van der Waals surface area contributed by atoms with Crippen LogP contribution in [0.3, 0.4) is 0 Å². The van der Waals surface area contributed by atoms with Crippen LogP contribution < -0.4 is 5.32 Å². The zero-order valence-electron chi connectivity index (χ0n) is 11.5. The van der Waals surface area contributed by atoms with Crippen molar-refractivity contribution in [3.8, 4) is 0 Å². The molecule has 0 atom stereocenters. The summed E-state index contributed by atoms with van der Waals surface area (Å²) in [6, 6.07) is 1.79. The van der Waals surface area contributed by atoms with E-state index in [9.17, 15) is 13.7 Å². The van der Waals surface area contributed by atoms with Crippen molar-refractivity contribution in [2.24, 2.45) is 5.18 Å². The Balaban J connectivity index is 1.94. The Kier molecular flexibility index (Phi) is 5.58. The lowest BCUT2D eigenvalue weighted by atomic mass is 9.93. The van der Waals surface area contributed by atoms with Crippen molar-refractivity contribution in [2.45, 2.75) is 51.4 Å². The van der Waals surface area contributed by atoms with E-state index in [0.29, 0.717) is 34.5 Å². The van der Waals surface area contributed by atoms with E-state index in [1.54, 1.807) is 13.0 Å². The molecule has 1 heterocycles. The molecule has 1 aromatic rings. The predicted octanol–water partition coefficient (Wildman–Crippen LogP) is 4.02. The van der Waals surface area contributed by atoms with E-state index in [1.807, 2.05) is 0 Å². The molecular weight excluding hydrogens is 348 g/mol. The molecule has 1 fully saturated rings. The van der Waals surface area contributed by atoms with Gasteiger partial charge >= 0.3 is 6.61 Å². The van der Waals surface area contributed by atoms with Crippen molar-refractivity contribution in [2.75, 3.05) is 5.32 Å². The smallest absolute Gasteiger partial charge is 0.376 e. The van der Waals surface area contributed by atoms with Crippen LogP contribution in [0.4, 0.5) is 20.3 Å². The minimum atomic E-state index is -2.58. The van der Waals surface area contributed by atoms with Gasteiger partial charge < -0.3 is 10.1 Å². The molecule has 0 aliphatic heterocycles. The third kappa shape index (κ3) is 4.41. The SMILES string of the molecule is Cc1nc(NC2CCC([OH+]C(F)F)CC2)c(Br)cc1N=O. The average Bonchev–Trinajstić information content (AvgIpc) is 2.44. The van der Waals surface area contributed by atoms with Crippen LogP contribution in [0.2, 0.25) is 0 Å². The van der Waals surface area contributed by atoms with Crippen LogP contribution >= 0.6 is 15.9 Å². The van der Waals surface area contributed by atoms with Crippen molar-refractivity contribution < 1.29 is 13.5 Å². The van der Waals surface area contributed by atoms with E-state index in [2.05, 4.69) is 36.1 Å². The third-order valence-corrected chi connectivity index (χ3v) is 4.20. The summed E-state index contributed by atoms with van der Waals surface area (Å²) in [5.41, 5.74) is 0.851. The van der Waals surface area contributed by atoms with Crippen molar-refractivity contribution >= 4 is 27.4 Å². The standard InChI is InChI=1S/C13H16BrF2N3O2/c1-7-11(19-20)6-10(14)12(17-7)18-8-2-4-9(5-3-8)21-13(15)16/h6,8-9,13H,2-5H2,1H3,(H,17,18)/p+1. The van der Waals surface area contributed by atoms with Gasteiger partial charge in [-0.15, -0.1) is 13.7 Å². The van der Waals surface area contributed by atoms with E-state index in [1.165, 1.54) is 0 Å². The molecule has 1 aliphatic carbocycles. The van der Waals surface area contributed by atoms with Crippen LogP contribution in [0.25, 0.3) is 0 Å². The fourth-order valence-corrected chi connectivity index (χ4v) is 2.91. The molecule has 1 saturated carbocycles. The summed E-state index contributed by atoms with van der Waals surface area (Å²) in [5.74, 6) is 0.647. The lowest BCUT2D eigenvalue weighted by Crippen LogP contribution is -2.33. The third-order valence-electron chi connectivity index (χ3n) is 3.60. The van der Waals surface area contributed by atoms with Gasteiger partial charge in [-0.2, -0.15) is 0 Å². The number of nitroso groups, excluding NO2 is 1. The minimum Gasteiger partial charge on any atom is -0.376 e. The number of alkyl halides is 2. The molecule has 2 rings (SSSR count). The Labute approximate surface area is 129 Å². The van der Waals surface area contributed by atoms with Crippen molar-refractivity contribution in [3.05, 3.63) is 21.1 Å². The first kappa shape index (κ1) is 16.2. The largest absolute Gasteiger partial charge is 0.459 e. The van der Waals surface area contributed by atoms with E-state index in [-0.39, 0.29) is 12.1 Å². The van der Waals surface area contributed by atoms with E-state index >= 15 is 0 Å². The Morgan fingerprint density at radius 1 is 1.43 bits per heavy atom. The summed E-state index contributed by atoms with van der Waals surface area (Å²) < 4.78 is 28.5. The number of ether oxygens (including phenoxy) is 1. The Morgan fingerprint density at radius 3 is 2.67 bits per heavy atom. The molecule has 0 unspecified atom stereocenters. The highest BCUT2D eigenvalue weighted by molar-refractivity contribution is 9.10. The lowest BCUT2D eigenvalue weighted by Gasteiger charge is -2.27. The number of hydrogen-bond acceptors (Lipinski definition) is 4. The first-order chi connectivity index (χ1) is 9.99. The van der Waals surface area contributed by atoms with Gasteiger partial charge in [0.1, 0.15) is 11.5 Å². The molecule has 0 saturated heterocycles. The van der Waals surface area contributed by atoms with Gasteiger partial charge in [0, 0.05) is 18.9 Å². The number of nitrogens with one attached hydrogen (secondary N) is 1. The van der Waals surface area contributed by atoms with Gasteiger partial charge in [-0.3, -0.25) is 0 Å². The molecule has 0 amide bonds. The normalized spacial score (nSPS) is 22.3. The highest BCUT2D eigenvalue weighted by Gasteiger charge is 2.28. The first-order valence-corrected chi connectivity index (χ1v) is 7.54. The van der Waals surface area contributed by atoms with Gasteiger partial charge in [0.05, 0.1) is 10.2 Å². The lowest BCUT2D eigenvalue weighted by molar-refractivity contribution is -0.279. The molecule has 0 bridgehead atoms. The van der Waals surface area contributed by atoms with Crippen LogP contribution in [0.5, 0.6) is 0 Å². The number of hydrogen-bond donors (Lipinski definition) is 1. The molecule has 0 radical (unpaired) electrons. The zero-order chi connectivity index (χ0) is 15.4. The Bertz CT molecular complexity index is 508. The molecule has 0 spiro atoms. The van der Waals surface area contributed by atoms with Crippen LogP contribution in [-0.2, 0) is 0 Å². The predicted molar refractivity (Wildman–Crippen MR) is 80.0 cm³/mol. The molecular formula is C13H17BrF2N3O2+. The first-order valence-electron chi connectivity index (χ1n) is 6.74. The average molecular weight is 365 g/mol. The van der Waals surface area contributed by atoms with Crippen LogP contribution in [0, 0.1) is 11.8 Å². The van der Waals surface area contributed by atoms with Gasteiger partial charge in [-0.25, -0.2) is 4.98 Å². The number of nitrogens with zero attached hydrogens (tertiary/aromatic N) is 2. The number of anilines is 1. The number of halogens is 3. The summed E-state index contributed by atoms with van der Waals surface area (Å²) in [4.78, 5) is 14.9. The highest BCUT2D eigenvalue weighted by Crippen LogP contribution is 2.30. The Morgan fingerprint density at radius 2 is 2.10 bits per heavy atom. The molecule has 8 heteroatoms. The number of rotatable bonds is 5.